The van der Waals surface area contributed by atoms with Crippen molar-refractivity contribution in [2.24, 2.45) is 0 Å². The maximum Gasteiger partial charge on any atom is 0.241 e. The molecule has 4 heteroatoms. The molecule has 1 amide bonds. The number of aryl methyl sites for hydroxylation is 1. The minimum atomic E-state index is -0.192. The molecule has 1 fully saturated rings. The van der Waals surface area contributed by atoms with Gasteiger partial charge in [-0.05, 0) is 37.3 Å². The normalized spacial score (nSPS) is 25.5. The third-order valence-electron chi connectivity index (χ3n) is 4.20. The van der Waals surface area contributed by atoms with Crippen molar-refractivity contribution in [2.75, 3.05) is 18.4 Å². The number of rotatable bonds is 1. The summed E-state index contributed by atoms with van der Waals surface area (Å²) < 4.78 is 0. The van der Waals surface area contributed by atoms with Gasteiger partial charge in [-0.1, -0.05) is 18.2 Å². The molecule has 0 aromatic heterocycles. The molecule has 1 aromatic rings. The van der Waals surface area contributed by atoms with Crippen molar-refractivity contribution in [1.82, 2.24) is 4.90 Å². The quantitative estimate of drug-likeness (QED) is 0.802. The number of aliphatic hydroxyl groups excluding tert-OH is 1. The first-order valence-corrected chi connectivity index (χ1v) is 7.05. The molecule has 2 N–H and O–H groups in total. The van der Waals surface area contributed by atoms with E-state index in [4.69, 9.17) is 0 Å². The second kappa shape index (κ2) is 5.31. The first-order chi connectivity index (χ1) is 9.24. The molecule has 19 heavy (non-hydrogen) atoms. The Morgan fingerprint density at radius 3 is 2.68 bits per heavy atom. The van der Waals surface area contributed by atoms with Crippen molar-refractivity contribution in [1.29, 1.82) is 0 Å². The monoisotopic (exact) mass is 260 g/mol. The number of benzene rings is 1. The van der Waals surface area contributed by atoms with Gasteiger partial charge in [-0.25, -0.2) is 0 Å². The smallest absolute Gasteiger partial charge is 0.241 e. The zero-order valence-electron chi connectivity index (χ0n) is 11.0. The molecule has 2 aliphatic heterocycles. The maximum atomic E-state index is 12.3. The molecule has 0 saturated carbocycles. The van der Waals surface area contributed by atoms with E-state index in [1.165, 1.54) is 5.56 Å². The molecule has 1 aromatic carbocycles. The summed E-state index contributed by atoms with van der Waals surface area (Å²) in [6.07, 6.45) is 3.15. The van der Waals surface area contributed by atoms with Crippen molar-refractivity contribution in [3.8, 4) is 0 Å². The van der Waals surface area contributed by atoms with E-state index >= 15 is 0 Å². The lowest BCUT2D eigenvalue weighted by Crippen LogP contribution is -2.48. The van der Waals surface area contributed by atoms with Gasteiger partial charge < -0.3 is 10.4 Å². The first-order valence-electron chi connectivity index (χ1n) is 7.05. The average molecular weight is 260 g/mol. The number of carbonyl (C=O) groups is 1. The average Bonchev–Trinajstić information content (AvgIpc) is 2.58. The predicted octanol–water partition coefficient (Wildman–Crippen LogP) is 1.40. The van der Waals surface area contributed by atoms with E-state index in [0.29, 0.717) is 0 Å². The number of carbonyl (C=O) groups excluding carboxylic acids is 1. The van der Waals surface area contributed by atoms with E-state index in [-0.39, 0.29) is 18.1 Å². The highest BCUT2D eigenvalue weighted by Gasteiger charge is 2.31. The Morgan fingerprint density at radius 2 is 1.89 bits per heavy atom. The highest BCUT2D eigenvalue weighted by atomic mass is 16.3. The molecule has 1 atom stereocenters. The van der Waals surface area contributed by atoms with Crippen LogP contribution in [0.15, 0.2) is 24.3 Å². The van der Waals surface area contributed by atoms with Crippen LogP contribution < -0.4 is 5.32 Å². The van der Waals surface area contributed by atoms with E-state index in [9.17, 15) is 9.90 Å². The maximum absolute atomic E-state index is 12.3. The fourth-order valence-electron chi connectivity index (χ4n) is 3.05. The Balaban J connectivity index is 1.74. The molecule has 2 aliphatic rings. The van der Waals surface area contributed by atoms with Crippen LogP contribution in [0.4, 0.5) is 5.69 Å². The van der Waals surface area contributed by atoms with Crippen LogP contribution in [0.1, 0.15) is 24.8 Å². The summed E-state index contributed by atoms with van der Waals surface area (Å²) in [5.41, 5.74) is 2.17. The van der Waals surface area contributed by atoms with Crippen molar-refractivity contribution in [3.05, 3.63) is 29.8 Å². The SMILES string of the molecule is O=C1Nc2ccccc2CC[C@@H]1N1CCC(O)CC1. The number of hydrogen-bond donors (Lipinski definition) is 2. The fourth-order valence-corrected chi connectivity index (χ4v) is 3.05. The highest BCUT2D eigenvalue weighted by Crippen LogP contribution is 2.25. The minimum Gasteiger partial charge on any atom is -0.393 e. The number of nitrogens with zero attached hydrogens (tertiary/aromatic N) is 1. The van der Waals surface area contributed by atoms with E-state index in [0.717, 1.165) is 44.5 Å². The fraction of sp³-hybridized carbons (Fsp3) is 0.533. The van der Waals surface area contributed by atoms with Crippen LogP contribution in [0.3, 0.4) is 0 Å². The molecule has 0 spiro atoms. The van der Waals surface area contributed by atoms with E-state index in [1.54, 1.807) is 0 Å². The van der Waals surface area contributed by atoms with Crippen molar-refractivity contribution >= 4 is 11.6 Å². The molecule has 0 aliphatic carbocycles. The molecule has 1 saturated heterocycles. The Morgan fingerprint density at radius 1 is 1.16 bits per heavy atom. The minimum absolute atomic E-state index is 0.0556. The Kier molecular flexibility index (Phi) is 3.53. The van der Waals surface area contributed by atoms with Gasteiger partial charge in [0.05, 0.1) is 12.1 Å². The topological polar surface area (TPSA) is 52.6 Å². The summed E-state index contributed by atoms with van der Waals surface area (Å²) in [6, 6.07) is 7.96. The third kappa shape index (κ3) is 2.65. The van der Waals surface area contributed by atoms with Crippen LogP contribution >= 0.6 is 0 Å². The number of hydrogen-bond acceptors (Lipinski definition) is 3. The molecule has 3 rings (SSSR count). The van der Waals surface area contributed by atoms with E-state index in [2.05, 4.69) is 16.3 Å². The standard InChI is InChI=1S/C15H20N2O2/c18-12-7-9-17(10-8-12)14-6-5-11-3-1-2-4-13(11)16-15(14)19/h1-4,12,14,18H,5-10H2,(H,16,19)/t14-/m0/s1. The van der Waals surface area contributed by atoms with Gasteiger partial charge in [0, 0.05) is 18.8 Å². The number of anilines is 1. The van der Waals surface area contributed by atoms with E-state index < -0.39 is 0 Å². The molecule has 0 bridgehead atoms. The summed E-state index contributed by atoms with van der Waals surface area (Å²) in [6.45, 7) is 1.63. The number of likely N-dealkylation sites (tertiary alicyclic amines) is 1. The number of piperidine rings is 1. The zero-order valence-corrected chi connectivity index (χ0v) is 11.0. The second-order valence-corrected chi connectivity index (χ2v) is 5.47. The van der Waals surface area contributed by atoms with Crippen LogP contribution in [-0.2, 0) is 11.2 Å². The number of nitrogens with one attached hydrogen (secondary N) is 1. The van der Waals surface area contributed by atoms with Gasteiger partial charge in [-0.2, -0.15) is 0 Å². The molecule has 0 radical (unpaired) electrons. The molecular formula is C15H20N2O2. The summed E-state index contributed by atoms with van der Waals surface area (Å²) in [4.78, 5) is 14.6. The lowest BCUT2D eigenvalue weighted by Gasteiger charge is -2.34. The summed E-state index contributed by atoms with van der Waals surface area (Å²) >= 11 is 0. The van der Waals surface area contributed by atoms with Gasteiger partial charge >= 0.3 is 0 Å². The largest absolute Gasteiger partial charge is 0.393 e. The van der Waals surface area contributed by atoms with Crippen molar-refractivity contribution < 1.29 is 9.90 Å². The Labute approximate surface area is 113 Å². The lowest BCUT2D eigenvalue weighted by atomic mass is 10.0. The second-order valence-electron chi connectivity index (χ2n) is 5.47. The number of para-hydroxylation sites is 1. The number of amides is 1. The van der Waals surface area contributed by atoms with Gasteiger partial charge in [0.15, 0.2) is 0 Å². The number of aliphatic hydroxyl groups is 1. The third-order valence-corrected chi connectivity index (χ3v) is 4.20. The first kappa shape index (κ1) is 12.6. The van der Waals surface area contributed by atoms with Gasteiger partial charge in [0.25, 0.3) is 0 Å². The Bertz CT molecular complexity index is 467. The Hall–Kier alpha value is -1.39. The molecule has 102 valence electrons. The van der Waals surface area contributed by atoms with Crippen molar-refractivity contribution in [2.45, 2.75) is 37.8 Å². The van der Waals surface area contributed by atoms with Gasteiger partial charge in [-0.15, -0.1) is 0 Å². The van der Waals surface area contributed by atoms with Crippen LogP contribution in [0.5, 0.6) is 0 Å². The molecule has 2 heterocycles. The lowest BCUT2D eigenvalue weighted by molar-refractivity contribution is -0.122. The highest BCUT2D eigenvalue weighted by molar-refractivity contribution is 5.96. The molecular weight excluding hydrogens is 240 g/mol. The predicted molar refractivity (Wildman–Crippen MR) is 74.0 cm³/mol. The molecule has 0 unspecified atom stereocenters. The van der Waals surface area contributed by atoms with E-state index in [1.807, 2.05) is 18.2 Å². The van der Waals surface area contributed by atoms with Crippen LogP contribution in [0.25, 0.3) is 0 Å². The van der Waals surface area contributed by atoms with Crippen LogP contribution in [-0.4, -0.2) is 41.1 Å². The van der Waals surface area contributed by atoms with Crippen LogP contribution in [0.2, 0.25) is 0 Å². The van der Waals surface area contributed by atoms with Crippen LogP contribution in [0, 0.1) is 0 Å². The van der Waals surface area contributed by atoms with Gasteiger partial charge in [0.2, 0.25) is 5.91 Å². The van der Waals surface area contributed by atoms with Crippen molar-refractivity contribution in [3.63, 3.8) is 0 Å². The number of fused-ring (bicyclic) bond motifs is 1. The summed E-state index contributed by atoms with van der Waals surface area (Å²) in [5, 5.41) is 12.6. The summed E-state index contributed by atoms with van der Waals surface area (Å²) in [5.74, 6) is 0.0985. The summed E-state index contributed by atoms with van der Waals surface area (Å²) in [7, 11) is 0. The van der Waals surface area contributed by atoms with Gasteiger partial charge in [-0.3, -0.25) is 9.69 Å². The molecule has 4 nitrogen and oxygen atoms in total. The zero-order chi connectivity index (χ0) is 13.2. The van der Waals surface area contributed by atoms with Gasteiger partial charge in [0.1, 0.15) is 0 Å².